The molecule has 2 aromatic rings. The van der Waals surface area contributed by atoms with Crippen molar-refractivity contribution in [2.24, 2.45) is 0 Å². The number of carbonyl (C=O) groups excluding carboxylic acids is 1. The van der Waals surface area contributed by atoms with E-state index < -0.39 is 4.92 Å². The zero-order chi connectivity index (χ0) is 19.2. The third-order valence-corrected chi connectivity index (χ3v) is 4.47. The number of nitro benzene ring substituents is 1. The molecule has 1 amide bonds. The first-order valence-corrected chi connectivity index (χ1v) is 8.75. The van der Waals surface area contributed by atoms with Crippen molar-refractivity contribution in [2.45, 2.75) is 6.92 Å². The van der Waals surface area contributed by atoms with Gasteiger partial charge in [-0.15, -0.1) is 0 Å². The quantitative estimate of drug-likeness (QED) is 0.599. The van der Waals surface area contributed by atoms with Gasteiger partial charge in [0.25, 0.3) is 5.69 Å². The Hall–Kier alpha value is -3.13. The smallest absolute Gasteiger partial charge is 0.274 e. The second-order valence-electron chi connectivity index (χ2n) is 6.25. The lowest BCUT2D eigenvalue weighted by atomic mass is 10.1. The van der Waals surface area contributed by atoms with Crippen LogP contribution in [-0.4, -0.2) is 43.7 Å². The molecule has 0 spiro atoms. The molecule has 2 aromatic carbocycles. The Balaban J connectivity index is 1.55. The summed E-state index contributed by atoms with van der Waals surface area (Å²) < 4.78 is 5.35. The van der Waals surface area contributed by atoms with Crippen LogP contribution in [0, 0.1) is 17.0 Å². The number of hydrogen-bond donors (Lipinski definition) is 2. The Labute approximate surface area is 157 Å². The van der Waals surface area contributed by atoms with Crippen LogP contribution in [0.1, 0.15) is 5.56 Å². The van der Waals surface area contributed by atoms with Gasteiger partial charge in [-0.2, -0.15) is 0 Å². The van der Waals surface area contributed by atoms with Crippen molar-refractivity contribution in [1.82, 2.24) is 0 Å². The van der Waals surface area contributed by atoms with Crippen molar-refractivity contribution in [1.29, 1.82) is 0 Å². The molecule has 0 unspecified atom stereocenters. The maximum atomic E-state index is 12.2. The third kappa shape index (κ3) is 4.73. The summed E-state index contributed by atoms with van der Waals surface area (Å²) in [5.41, 5.74) is 2.91. The molecule has 0 atom stereocenters. The van der Waals surface area contributed by atoms with Gasteiger partial charge in [0.1, 0.15) is 0 Å². The Bertz CT molecular complexity index is 817. The summed E-state index contributed by atoms with van der Waals surface area (Å²) in [5, 5.41) is 16.8. The van der Waals surface area contributed by atoms with Crippen LogP contribution in [-0.2, 0) is 9.53 Å². The highest BCUT2D eigenvalue weighted by Gasteiger charge is 2.14. The van der Waals surface area contributed by atoms with Crippen molar-refractivity contribution in [3.8, 4) is 0 Å². The summed E-state index contributed by atoms with van der Waals surface area (Å²) in [6.07, 6.45) is 0. The summed E-state index contributed by atoms with van der Waals surface area (Å²) in [6, 6.07) is 12.4. The van der Waals surface area contributed by atoms with Crippen LogP contribution in [0.4, 0.5) is 22.7 Å². The zero-order valence-electron chi connectivity index (χ0n) is 15.1. The molecule has 8 nitrogen and oxygen atoms in total. The number of hydrogen-bond acceptors (Lipinski definition) is 6. The van der Waals surface area contributed by atoms with E-state index in [-0.39, 0.29) is 18.1 Å². The van der Waals surface area contributed by atoms with Crippen LogP contribution in [0.25, 0.3) is 0 Å². The molecule has 8 heteroatoms. The molecule has 1 heterocycles. The fourth-order valence-electron chi connectivity index (χ4n) is 2.97. The first-order chi connectivity index (χ1) is 13.0. The van der Waals surface area contributed by atoms with Gasteiger partial charge in [0.15, 0.2) is 0 Å². The number of nitrogens with one attached hydrogen (secondary N) is 2. The number of morpholine rings is 1. The maximum Gasteiger partial charge on any atom is 0.274 e. The topological polar surface area (TPSA) is 96.7 Å². The molecule has 0 radical (unpaired) electrons. The van der Waals surface area contributed by atoms with Crippen molar-refractivity contribution in [3.05, 3.63) is 58.1 Å². The van der Waals surface area contributed by atoms with E-state index in [1.165, 1.54) is 6.07 Å². The molecule has 1 saturated heterocycles. The van der Waals surface area contributed by atoms with Crippen molar-refractivity contribution in [2.75, 3.05) is 48.4 Å². The maximum absolute atomic E-state index is 12.2. The molecule has 3 rings (SSSR count). The molecule has 0 saturated carbocycles. The zero-order valence-corrected chi connectivity index (χ0v) is 15.1. The van der Waals surface area contributed by atoms with Gasteiger partial charge >= 0.3 is 0 Å². The molecule has 142 valence electrons. The second kappa shape index (κ2) is 8.50. The Morgan fingerprint density at radius 3 is 2.56 bits per heavy atom. The molecular weight excluding hydrogens is 348 g/mol. The molecule has 0 bridgehead atoms. The van der Waals surface area contributed by atoms with Gasteiger partial charge in [0.05, 0.1) is 24.7 Å². The average molecular weight is 370 g/mol. The monoisotopic (exact) mass is 370 g/mol. The molecule has 1 aliphatic heterocycles. The molecule has 1 aliphatic rings. The Morgan fingerprint density at radius 2 is 1.89 bits per heavy atom. The van der Waals surface area contributed by atoms with Gasteiger partial charge in [-0.1, -0.05) is 6.07 Å². The number of ether oxygens (including phenoxy) is 1. The average Bonchev–Trinajstić information content (AvgIpc) is 2.68. The predicted octanol–water partition coefficient (Wildman–Crippen LogP) is 2.79. The highest BCUT2D eigenvalue weighted by molar-refractivity contribution is 5.94. The molecule has 1 fully saturated rings. The van der Waals surface area contributed by atoms with Crippen LogP contribution in [0.5, 0.6) is 0 Å². The Kier molecular flexibility index (Phi) is 5.87. The van der Waals surface area contributed by atoms with E-state index in [1.54, 1.807) is 19.1 Å². The first kappa shape index (κ1) is 18.7. The van der Waals surface area contributed by atoms with Crippen LogP contribution in [0.2, 0.25) is 0 Å². The molecule has 0 aromatic heterocycles. The summed E-state index contributed by atoms with van der Waals surface area (Å²) in [7, 11) is 0. The Morgan fingerprint density at radius 1 is 1.19 bits per heavy atom. The van der Waals surface area contributed by atoms with E-state index in [2.05, 4.69) is 15.5 Å². The van der Waals surface area contributed by atoms with Crippen molar-refractivity contribution < 1.29 is 14.5 Å². The van der Waals surface area contributed by atoms with Crippen molar-refractivity contribution in [3.63, 3.8) is 0 Å². The van der Waals surface area contributed by atoms with Gasteiger partial charge < -0.3 is 20.3 Å². The number of anilines is 3. The minimum absolute atomic E-state index is 0.0211. The van der Waals surface area contributed by atoms with Gasteiger partial charge in [0.2, 0.25) is 5.91 Å². The minimum atomic E-state index is -0.434. The SMILES string of the molecule is Cc1c(NCC(=O)Nc2ccc(N3CCOCC3)cc2)cccc1[N+](=O)[O-]. The number of benzene rings is 2. The summed E-state index contributed by atoms with van der Waals surface area (Å²) in [4.78, 5) is 25.0. The van der Waals surface area contributed by atoms with E-state index in [0.29, 0.717) is 16.9 Å². The van der Waals surface area contributed by atoms with E-state index >= 15 is 0 Å². The summed E-state index contributed by atoms with van der Waals surface area (Å²) in [5.74, 6) is -0.222. The summed E-state index contributed by atoms with van der Waals surface area (Å²) >= 11 is 0. The van der Waals surface area contributed by atoms with Crippen LogP contribution >= 0.6 is 0 Å². The van der Waals surface area contributed by atoms with Crippen LogP contribution in [0.15, 0.2) is 42.5 Å². The minimum Gasteiger partial charge on any atom is -0.378 e. The normalized spacial score (nSPS) is 13.9. The van der Waals surface area contributed by atoms with Crippen LogP contribution < -0.4 is 15.5 Å². The van der Waals surface area contributed by atoms with E-state index in [4.69, 9.17) is 4.74 Å². The summed E-state index contributed by atoms with van der Waals surface area (Å²) in [6.45, 7) is 4.84. The van der Waals surface area contributed by atoms with Gasteiger partial charge in [-0.3, -0.25) is 14.9 Å². The highest BCUT2D eigenvalue weighted by atomic mass is 16.6. The number of amides is 1. The predicted molar refractivity (Wildman–Crippen MR) is 104 cm³/mol. The number of carbonyl (C=O) groups is 1. The van der Waals surface area contributed by atoms with Gasteiger partial charge in [-0.25, -0.2) is 0 Å². The van der Waals surface area contributed by atoms with E-state index in [1.807, 2.05) is 24.3 Å². The molecule has 2 N–H and O–H groups in total. The number of rotatable bonds is 6. The van der Waals surface area contributed by atoms with Gasteiger partial charge in [-0.05, 0) is 37.3 Å². The molecule has 27 heavy (non-hydrogen) atoms. The number of nitrogens with zero attached hydrogens (tertiary/aromatic N) is 2. The second-order valence-corrected chi connectivity index (χ2v) is 6.25. The standard InChI is InChI=1S/C19H22N4O4/c1-14-17(3-2-4-18(14)23(25)26)20-13-19(24)21-15-5-7-16(8-6-15)22-9-11-27-12-10-22/h2-8,20H,9-13H2,1H3,(H,21,24). The largest absolute Gasteiger partial charge is 0.378 e. The number of nitro groups is 1. The fourth-order valence-corrected chi connectivity index (χ4v) is 2.97. The van der Waals surface area contributed by atoms with E-state index in [9.17, 15) is 14.9 Å². The lowest BCUT2D eigenvalue weighted by Gasteiger charge is -2.28. The first-order valence-electron chi connectivity index (χ1n) is 8.75. The lowest BCUT2D eigenvalue weighted by molar-refractivity contribution is -0.385. The van der Waals surface area contributed by atoms with Crippen LogP contribution in [0.3, 0.4) is 0 Å². The fraction of sp³-hybridized carbons (Fsp3) is 0.316. The van der Waals surface area contributed by atoms with Gasteiger partial charge in [0, 0.05) is 41.8 Å². The van der Waals surface area contributed by atoms with E-state index in [0.717, 1.165) is 32.0 Å². The van der Waals surface area contributed by atoms with Crippen molar-refractivity contribution >= 4 is 28.7 Å². The lowest BCUT2D eigenvalue weighted by Crippen LogP contribution is -2.36. The molecule has 0 aliphatic carbocycles. The molecular formula is C19H22N4O4. The third-order valence-electron chi connectivity index (χ3n) is 4.47. The highest BCUT2D eigenvalue weighted by Crippen LogP contribution is 2.25.